The van der Waals surface area contributed by atoms with Gasteiger partial charge in [-0.1, -0.05) is 34.6 Å². The van der Waals surface area contributed by atoms with Crippen molar-refractivity contribution >= 4 is 5.78 Å². The van der Waals surface area contributed by atoms with Crippen LogP contribution in [0.3, 0.4) is 0 Å². The Morgan fingerprint density at radius 1 is 1.10 bits per heavy atom. The summed E-state index contributed by atoms with van der Waals surface area (Å²) in [5.74, 6) is -0.647. The fourth-order valence-corrected chi connectivity index (χ4v) is 2.69. The molecule has 0 amide bonds. The van der Waals surface area contributed by atoms with Gasteiger partial charge in [0.1, 0.15) is 17.4 Å². The Balaban J connectivity index is 2.80. The van der Waals surface area contributed by atoms with E-state index in [9.17, 15) is 13.6 Å². The second kappa shape index (κ2) is 7.15. The molecule has 0 aromatic heterocycles. The first kappa shape index (κ1) is 17.8. The molecular weight excluding hydrogens is 270 g/mol. The first-order valence-electron chi connectivity index (χ1n) is 7.57. The Morgan fingerprint density at radius 3 is 2.05 bits per heavy atom. The van der Waals surface area contributed by atoms with E-state index in [0.717, 1.165) is 6.07 Å². The number of hydrogen-bond donors (Lipinski definition) is 0. The molecule has 0 fully saturated rings. The van der Waals surface area contributed by atoms with E-state index in [4.69, 9.17) is 0 Å². The van der Waals surface area contributed by atoms with E-state index in [2.05, 4.69) is 0 Å². The van der Waals surface area contributed by atoms with Crippen molar-refractivity contribution in [1.29, 1.82) is 0 Å². The van der Waals surface area contributed by atoms with Crippen molar-refractivity contribution in [3.8, 4) is 0 Å². The maximum atomic E-state index is 13.2. The van der Waals surface area contributed by atoms with Gasteiger partial charge in [-0.05, 0) is 41.9 Å². The monoisotopic (exact) mass is 296 g/mol. The van der Waals surface area contributed by atoms with Crippen LogP contribution >= 0.6 is 0 Å². The molecule has 0 aliphatic carbocycles. The lowest BCUT2D eigenvalue weighted by molar-refractivity contribution is -0.127. The molecule has 1 unspecified atom stereocenters. The highest BCUT2D eigenvalue weighted by Crippen LogP contribution is 2.32. The Morgan fingerprint density at radius 2 is 1.62 bits per heavy atom. The molecule has 1 rings (SSSR count). The summed E-state index contributed by atoms with van der Waals surface area (Å²) < 4.78 is 26.4. The summed E-state index contributed by atoms with van der Waals surface area (Å²) in [4.78, 5) is 12.4. The van der Waals surface area contributed by atoms with Crippen LogP contribution in [0.1, 0.15) is 53.0 Å². The summed E-state index contributed by atoms with van der Waals surface area (Å²) in [6, 6.07) is 3.56. The van der Waals surface area contributed by atoms with Crippen LogP contribution < -0.4 is 0 Å². The predicted octanol–water partition coefficient (Wildman–Crippen LogP) is 5.17. The molecular formula is C18H26F2O. The molecule has 0 radical (unpaired) electrons. The van der Waals surface area contributed by atoms with Crippen molar-refractivity contribution in [1.82, 2.24) is 0 Å². The lowest BCUT2D eigenvalue weighted by Crippen LogP contribution is -2.30. The molecule has 118 valence electrons. The van der Waals surface area contributed by atoms with Gasteiger partial charge in [0.05, 0.1) is 0 Å². The van der Waals surface area contributed by atoms with E-state index < -0.39 is 11.6 Å². The predicted molar refractivity (Wildman–Crippen MR) is 82.1 cm³/mol. The minimum Gasteiger partial charge on any atom is -0.299 e. The standard InChI is InChI=1S/C18H26F2O/c1-12(2)8-17(21)16(18(3,4)5)7-6-13-9-14(19)11-15(20)10-13/h9-12,16H,6-8H2,1-5H3. The largest absolute Gasteiger partial charge is 0.299 e. The molecule has 1 aromatic rings. The van der Waals surface area contributed by atoms with E-state index in [1.807, 2.05) is 34.6 Å². The highest BCUT2D eigenvalue weighted by atomic mass is 19.1. The summed E-state index contributed by atoms with van der Waals surface area (Å²) in [7, 11) is 0. The van der Waals surface area contributed by atoms with Crippen molar-refractivity contribution in [3.63, 3.8) is 0 Å². The molecule has 3 heteroatoms. The molecule has 0 heterocycles. The van der Waals surface area contributed by atoms with Crippen LogP contribution in [0.15, 0.2) is 18.2 Å². The van der Waals surface area contributed by atoms with Crippen molar-refractivity contribution in [2.75, 3.05) is 0 Å². The van der Waals surface area contributed by atoms with Gasteiger partial charge in [-0.2, -0.15) is 0 Å². The lowest BCUT2D eigenvalue weighted by atomic mass is 9.73. The normalized spacial score (nSPS) is 13.5. The zero-order valence-corrected chi connectivity index (χ0v) is 13.7. The molecule has 0 aliphatic heterocycles. The van der Waals surface area contributed by atoms with Crippen molar-refractivity contribution in [2.45, 2.75) is 53.9 Å². The highest BCUT2D eigenvalue weighted by molar-refractivity contribution is 5.81. The summed E-state index contributed by atoms with van der Waals surface area (Å²) in [5.41, 5.74) is 0.469. The molecule has 21 heavy (non-hydrogen) atoms. The van der Waals surface area contributed by atoms with E-state index in [0.29, 0.717) is 30.7 Å². The number of benzene rings is 1. The van der Waals surface area contributed by atoms with Crippen LogP contribution in [0.4, 0.5) is 8.78 Å². The molecule has 0 spiro atoms. The maximum Gasteiger partial charge on any atom is 0.136 e. The Bertz CT molecular complexity index is 466. The minimum absolute atomic E-state index is 0.0915. The van der Waals surface area contributed by atoms with Crippen LogP contribution in [0.2, 0.25) is 0 Å². The number of halogens is 2. The van der Waals surface area contributed by atoms with Crippen molar-refractivity contribution in [3.05, 3.63) is 35.4 Å². The van der Waals surface area contributed by atoms with E-state index in [-0.39, 0.29) is 17.1 Å². The highest BCUT2D eigenvalue weighted by Gasteiger charge is 2.30. The number of Topliss-reactive ketones (excluding diaryl/α,β-unsaturated/α-hetero) is 1. The molecule has 1 aromatic carbocycles. The second-order valence-corrected chi connectivity index (χ2v) is 7.30. The van der Waals surface area contributed by atoms with E-state index in [1.165, 1.54) is 12.1 Å². The number of rotatable bonds is 6. The van der Waals surface area contributed by atoms with Crippen LogP contribution in [-0.2, 0) is 11.2 Å². The zero-order valence-electron chi connectivity index (χ0n) is 13.7. The Labute approximate surface area is 126 Å². The third kappa shape index (κ3) is 5.94. The van der Waals surface area contributed by atoms with Gasteiger partial charge in [0, 0.05) is 18.4 Å². The molecule has 1 atom stereocenters. The fraction of sp³-hybridized carbons (Fsp3) is 0.611. The van der Waals surface area contributed by atoms with Crippen molar-refractivity contribution < 1.29 is 13.6 Å². The van der Waals surface area contributed by atoms with Crippen molar-refractivity contribution in [2.24, 2.45) is 17.3 Å². The number of ketones is 1. The zero-order chi connectivity index (χ0) is 16.2. The van der Waals surface area contributed by atoms with Crippen LogP contribution in [-0.4, -0.2) is 5.78 Å². The maximum absolute atomic E-state index is 13.2. The first-order chi connectivity index (χ1) is 9.59. The van der Waals surface area contributed by atoms with Crippen LogP contribution in [0, 0.1) is 28.9 Å². The van der Waals surface area contributed by atoms with Gasteiger partial charge in [0.2, 0.25) is 0 Å². The quantitative estimate of drug-likeness (QED) is 0.707. The van der Waals surface area contributed by atoms with Crippen LogP contribution in [0.5, 0.6) is 0 Å². The lowest BCUT2D eigenvalue weighted by Gasteiger charge is -2.30. The molecule has 0 saturated carbocycles. The summed E-state index contributed by atoms with van der Waals surface area (Å²) in [6.45, 7) is 10.2. The third-order valence-electron chi connectivity index (χ3n) is 3.69. The molecule has 0 aliphatic rings. The van der Waals surface area contributed by atoms with E-state index in [1.54, 1.807) is 0 Å². The average Bonchev–Trinajstić information content (AvgIpc) is 2.24. The first-order valence-corrected chi connectivity index (χ1v) is 7.57. The SMILES string of the molecule is CC(C)CC(=O)C(CCc1cc(F)cc(F)c1)C(C)(C)C. The second-order valence-electron chi connectivity index (χ2n) is 7.30. The summed E-state index contributed by atoms with van der Waals surface area (Å²) in [6.07, 6.45) is 1.69. The van der Waals surface area contributed by atoms with E-state index >= 15 is 0 Å². The van der Waals surface area contributed by atoms with Gasteiger partial charge in [-0.15, -0.1) is 0 Å². The summed E-state index contributed by atoms with van der Waals surface area (Å²) in [5, 5.41) is 0. The molecule has 0 saturated heterocycles. The van der Waals surface area contributed by atoms with Gasteiger partial charge in [0.25, 0.3) is 0 Å². The number of carbonyl (C=O) groups excluding carboxylic acids is 1. The van der Waals surface area contributed by atoms with Gasteiger partial charge >= 0.3 is 0 Å². The van der Waals surface area contributed by atoms with Gasteiger partial charge in [-0.3, -0.25) is 4.79 Å². The minimum atomic E-state index is -0.564. The Hall–Kier alpha value is -1.25. The number of carbonyl (C=O) groups is 1. The van der Waals surface area contributed by atoms with Gasteiger partial charge in [-0.25, -0.2) is 8.78 Å². The third-order valence-corrected chi connectivity index (χ3v) is 3.69. The molecule has 0 bridgehead atoms. The fourth-order valence-electron chi connectivity index (χ4n) is 2.69. The number of hydrogen-bond acceptors (Lipinski definition) is 1. The van der Waals surface area contributed by atoms with Gasteiger partial charge in [0.15, 0.2) is 0 Å². The molecule has 1 nitrogen and oxygen atoms in total. The summed E-state index contributed by atoms with van der Waals surface area (Å²) >= 11 is 0. The molecule has 0 N–H and O–H groups in total. The number of aryl methyl sites for hydroxylation is 1. The topological polar surface area (TPSA) is 17.1 Å². The average molecular weight is 296 g/mol. The van der Waals surface area contributed by atoms with Crippen LogP contribution in [0.25, 0.3) is 0 Å². The van der Waals surface area contributed by atoms with Gasteiger partial charge < -0.3 is 0 Å². The smallest absolute Gasteiger partial charge is 0.136 e. The Kier molecular flexibility index (Phi) is 6.06.